The van der Waals surface area contributed by atoms with Gasteiger partial charge in [-0.05, 0) is 6.42 Å². The summed E-state index contributed by atoms with van der Waals surface area (Å²) in [5.74, 6) is 0.375. The molecule has 0 bridgehead atoms. The van der Waals surface area contributed by atoms with E-state index in [-0.39, 0.29) is 6.10 Å². The second-order valence-corrected chi connectivity index (χ2v) is 2.43. The van der Waals surface area contributed by atoms with Crippen molar-refractivity contribution in [1.29, 1.82) is 0 Å². The van der Waals surface area contributed by atoms with Crippen LogP contribution in [0.15, 0.2) is 4.99 Å². The first-order valence-corrected chi connectivity index (χ1v) is 3.84. The van der Waals surface area contributed by atoms with Crippen molar-refractivity contribution < 1.29 is 5.11 Å². The zero-order valence-corrected chi connectivity index (χ0v) is 7.17. The topological polar surface area (TPSA) is 70.6 Å². The van der Waals surface area contributed by atoms with Crippen molar-refractivity contribution in [3.8, 4) is 0 Å². The first kappa shape index (κ1) is 10.2. The van der Waals surface area contributed by atoms with Gasteiger partial charge in [-0.1, -0.05) is 13.3 Å². The van der Waals surface area contributed by atoms with E-state index in [9.17, 15) is 5.11 Å². The Kier molecular flexibility index (Phi) is 5.56. The summed E-state index contributed by atoms with van der Waals surface area (Å²) in [5.41, 5.74) is 5.35. The Bertz CT molecular complexity index is 125. The molecule has 1 atom stereocenters. The number of nitrogens with zero attached hydrogens (tertiary/aromatic N) is 1. The van der Waals surface area contributed by atoms with Crippen LogP contribution in [-0.4, -0.2) is 30.8 Å². The lowest BCUT2D eigenvalue weighted by Crippen LogP contribution is -2.37. The quantitative estimate of drug-likeness (QED) is 0.389. The number of guanidine groups is 1. The first-order chi connectivity index (χ1) is 5.20. The largest absolute Gasteiger partial charge is 0.391 e. The minimum absolute atomic E-state index is 0.319. The van der Waals surface area contributed by atoms with E-state index in [0.29, 0.717) is 12.5 Å². The van der Waals surface area contributed by atoms with Gasteiger partial charge in [-0.15, -0.1) is 0 Å². The normalized spacial score (nSPS) is 14.6. The van der Waals surface area contributed by atoms with E-state index < -0.39 is 0 Å². The molecule has 66 valence electrons. The standard InChI is InChI=1S/C7H17N3O/c1-3-4-6(11)5-10-7(8)9-2/h6,11H,3-5H2,1-2H3,(H3,8,9,10). The lowest BCUT2D eigenvalue weighted by Gasteiger charge is -2.10. The fraction of sp³-hybridized carbons (Fsp3) is 0.857. The lowest BCUT2D eigenvalue weighted by atomic mass is 10.2. The van der Waals surface area contributed by atoms with Gasteiger partial charge in [0.15, 0.2) is 5.96 Å². The van der Waals surface area contributed by atoms with Crippen LogP contribution in [0.2, 0.25) is 0 Å². The highest BCUT2D eigenvalue weighted by atomic mass is 16.3. The van der Waals surface area contributed by atoms with Gasteiger partial charge in [0.25, 0.3) is 0 Å². The molecule has 1 unspecified atom stereocenters. The number of hydrogen-bond donors (Lipinski definition) is 3. The molecule has 0 aliphatic rings. The van der Waals surface area contributed by atoms with Crippen LogP contribution in [0.5, 0.6) is 0 Å². The van der Waals surface area contributed by atoms with Crippen molar-refractivity contribution in [2.45, 2.75) is 25.9 Å². The maximum Gasteiger partial charge on any atom is 0.188 e. The Morgan fingerprint density at radius 2 is 2.36 bits per heavy atom. The summed E-state index contributed by atoms with van der Waals surface area (Å²) in [6.07, 6.45) is 1.45. The number of nitrogens with two attached hydrogens (primary N) is 1. The number of nitrogens with one attached hydrogen (secondary N) is 1. The highest BCUT2D eigenvalue weighted by Crippen LogP contribution is 1.92. The monoisotopic (exact) mass is 159 g/mol. The number of aliphatic hydroxyl groups excluding tert-OH is 1. The van der Waals surface area contributed by atoms with Crippen LogP contribution in [0.1, 0.15) is 19.8 Å². The first-order valence-electron chi connectivity index (χ1n) is 3.84. The second kappa shape index (κ2) is 5.97. The van der Waals surface area contributed by atoms with Gasteiger partial charge in [0.05, 0.1) is 6.10 Å². The van der Waals surface area contributed by atoms with Crippen LogP contribution in [0.4, 0.5) is 0 Å². The number of aliphatic hydroxyl groups is 1. The Morgan fingerprint density at radius 1 is 1.73 bits per heavy atom. The third kappa shape index (κ3) is 5.66. The molecule has 0 aliphatic heterocycles. The van der Waals surface area contributed by atoms with E-state index in [1.165, 1.54) is 0 Å². The Labute approximate surface area is 67.5 Å². The zero-order valence-electron chi connectivity index (χ0n) is 7.17. The minimum atomic E-state index is -0.319. The van der Waals surface area contributed by atoms with Crippen LogP contribution >= 0.6 is 0 Å². The average molecular weight is 159 g/mol. The third-order valence-electron chi connectivity index (χ3n) is 1.38. The van der Waals surface area contributed by atoms with Crippen LogP contribution in [0.25, 0.3) is 0 Å². The van der Waals surface area contributed by atoms with Crippen molar-refractivity contribution in [3.05, 3.63) is 0 Å². The van der Waals surface area contributed by atoms with Crippen LogP contribution in [0.3, 0.4) is 0 Å². The fourth-order valence-electron chi connectivity index (χ4n) is 0.737. The maximum absolute atomic E-state index is 9.22. The predicted octanol–water partition coefficient (Wildman–Crippen LogP) is -0.318. The predicted molar refractivity (Wildman–Crippen MR) is 46.5 cm³/mol. The molecule has 0 aliphatic carbocycles. The van der Waals surface area contributed by atoms with Gasteiger partial charge < -0.3 is 16.2 Å². The molecule has 4 N–H and O–H groups in total. The summed E-state index contributed by atoms with van der Waals surface area (Å²) >= 11 is 0. The molecule has 0 radical (unpaired) electrons. The molecular weight excluding hydrogens is 142 g/mol. The summed E-state index contributed by atoms with van der Waals surface area (Å²) < 4.78 is 0. The molecule has 0 aromatic heterocycles. The van der Waals surface area contributed by atoms with Crippen molar-refractivity contribution in [2.75, 3.05) is 13.6 Å². The maximum atomic E-state index is 9.22. The smallest absolute Gasteiger partial charge is 0.188 e. The summed E-state index contributed by atoms with van der Waals surface area (Å²) in [7, 11) is 1.61. The van der Waals surface area contributed by atoms with E-state index in [2.05, 4.69) is 10.3 Å². The Balaban J connectivity index is 3.37. The van der Waals surface area contributed by atoms with Crippen molar-refractivity contribution in [1.82, 2.24) is 5.32 Å². The molecule has 0 saturated carbocycles. The van der Waals surface area contributed by atoms with Crippen LogP contribution < -0.4 is 11.1 Å². The molecule has 0 amide bonds. The molecule has 4 heteroatoms. The molecule has 4 nitrogen and oxygen atoms in total. The number of aliphatic imine (C=N–C) groups is 1. The van der Waals surface area contributed by atoms with Gasteiger partial charge >= 0.3 is 0 Å². The highest BCUT2D eigenvalue weighted by molar-refractivity contribution is 5.77. The van der Waals surface area contributed by atoms with Gasteiger partial charge in [0.2, 0.25) is 0 Å². The SMILES string of the molecule is CCCC(O)CNC(N)=NC. The third-order valence-corrected chi connectivity index (χ3v) is 1.38. The van der Waals surface area contributed by atoms with Gasteiger partial charge in [-0.2, -0.15) is 0 Å². The molecule has 11 heavy (non-hydrogen) atoms. The average Bonchev–Trinajstić information content (AvgIpc) is 2.01. The van der Waals surface area contributed by atoms with Gasteiger partial charge in [0.1, 0.15) is 0 Å². The van der Waals surface area contributed by atoms with E-state index >= 15 is 0 Å². The molecule has 0 spiro atoms. The fourth-order valence-corrected chi connectivity index (χ4v) is 0.737. The molecule has 0 rings (SSSR count). The number of hydrogen-bond acceptors (Lipinski definition) is 2. The van der Waals surface area contributed by atoms with Crippen molar-refractivity contribution in [2.24, 2.45) is 10.7 Å². The molecule has 0 fully saturated rings. The number of rotatable bonds is 4. The highest BCUT2D eigenvalue weighted by Gasteiger charge is 2.01. The molecule has 0 heterocycles. The van der Waals surface area contributed by atoms with E-state index in [1.807, 2.05) is 6.92 Å². The molecule has 0 saturated heterocycles. The summed E-state index contributed by atoms with van der Waals surface area (Å²) in [6.45, 7) is 2.51. The van der Waals surface area contributed by atoms with Gasteiger partial charge in [-0.3, -0.25) is 4.99 Å². The van der Waals surface area contributed by atoms with Crippen molar-refractivity contribution in [3.63, 3.8) is 0 Å². The lowest BCUT2D eigenvalue weighted by molar-refractivity contribution is 0.166. The summed E-state index contributed by atoms with van der Waals surface area (Å²) in [4.78, 5) is 3.69. The molecule has 0 aromatic rings. The Hall–Kier alpha value is -0.770. The second-order valence-electron chi connectivity index (χ2n) is 2.43. The molecular formula is C7H17N3O. The zero-order chi connectivity index (χ0) is 8.69. The minimum Gasteiger partial charge on any atom is -0.391 e. The van der Waals surface area contributed by atoms with Crippen molar-refractivity contribution >= 4 is 5.96 Å². The van der Waals surface area contributed by atoms with E-state index in [0.717, 1.165) is 12.8 Å². The summed E-state index contributed by atoms with van der Waals surface area (Å²) in [5, 5.41) is 12.0. The van der Waals surface area contributed by atoms with E-state index in [4.69, 9.17) is 5.73 Å². The Morgan fingerprint density at radius 3 is 2.82 bits per heavy atom. The molecule has 0 aromatic carbocycles. The van der Waals surface area contributed by atoms with Crippen LogP contribution in [0, 0.1) is 0 Å². The summed E-state index contributed by atoms with van der Waals surface area (Å²) in [6, 6.07) is 0. The van der Waals surface area contributed by atoms with Gasteiger partial charge in [-0.25, -0.2) is 0 Å². The van der Waals surface area contributed by atoms with Gasteiger partial charge in [0, 0.05) is 13.6 Å². The van der Waals surface area contributed by atoms with E-state index in [1.54, 1.807) is 7.05 Å². The van der Waals surface area contributed by atoms with Crippen LogP contribution in [-0.2, 0) is 0 Å².